The molecular formula is C56H50FIrN3S-2. The summed E-state index contributed by atoms with van der Waals surface area (Å²) in [5.74, 6) is 1.000. The van der Waals surface area contributed by atoms with Crippen molar-refractivity contribution < 1.29 is 31.3 Å². The molecule has 3 heterocycles. The first-order valence-corrected chi connectivity index (χ1v) is 21.6. The number of pyridine rings is 1. The van der Waals surface area contributed by atoms with E-state index in [0.717, 1.165) is 65.0 Å². The number of aryl methyl sites for hydroxylation is 1. The first-order valence-electron chi connectivity index (χ1n) is 23.3. The Kier molecular flexibility index (Phi) is 10.4. The Hall–Kier alpha value is -5.52. The third-order valence-corrected chi connectivity index (χ3v) is 12.3. The summed E-state index contributed by atoms with van der Waals surface area (Å²) in [6, 6.07) is 48.6. The molecule has 6 heteroatoms. The van der Waals surface area contributed by atoms with E-state index in [1.54, 1.807) is 50.3 Å². The van der Waals surface area contributed by atoms with Gasteiger partial charge >= 0.3 is 0 Å². The quantitative estimate of drug-likeness (QED) is 0.123. The van der Waals surface area contributed by atoms with Gasteiger partial charge < -0.3 is 9.55 Å². The van der Waals surface area contributed by atoms with Crippen molar-refractivity contribution in [3.05, 3.63) is 174 Å². The SMILES string of the molecule is CC(C)c1cc(F)cc(C(C)C)c1-n1c(-c2[c-]cccc2)nc2ccccc21.[2H]C([2H])([2H])c1cnc(-c2[c-]ccc3c2sc2cc4c(ccc5ccccc54)cc23)cc1C([2H])([2H])C(C)(C)C.[Ir]. The van der Waals surface area contributed by atoms with Crippen LogP contribution in [0.2, 0.25) is 0 Å². The maximum absolute atomic E-state index is 14.5. The number of para-hydroxylation sites is 2. The second-order valence-electron chi connectivity index (χ2n) is 17.3. The van der Waals surface area contributed by atoms with Gasteiger partial charge in [-0.1, -0.05) is 114 Å². The Morgan fingerprint density at radius 3 is 2.21 bits per heavy atom. The van der Waals surface area contributed by atoms with Crippen LogP contribution in [0.15, 0.2) is 134 Å². The summed E-state index contributed by atoms with van der Waals surface area (Å²) in [7, 11) is 0. The Balaban J connectivity index is 0.000000187. The molecule has 0 amide bonds. The normalized spacial score (nSPS) is 13.5. The number of imidazole rings is 1. The van der Waals surface area contributed by atoms with Crippen LogP contribution in [0, 0.1) is 30.2 Å². The van der Waals surface area contributed by atoms with Gasteiger partial charge in [-0.25, -0.2) is 4.39 Å². The minimum Gasteiger partial charge on any atom is -0.333 e. The summed E-state index contributed by atoms with van der Waals surface area (Å²) in [5.41, 5.74) is 6.43. The van der Waals surface area contributed by atoms with Gasteiger partial charge in [-0.3, -0.25) is 4.98 Å². The average Bonchev–Trinajstić information content (AvgIpc) is 3.86. The molecule has 3 nitrogen and oxygen atoms in total. The molecule has 0 fully saturated rings. The van der Waals surface area contributed by atoms with Crippen LogP contribution in [0.5, 0.6) is 0 Å². The zero-order chi connectivity index (χ0) is 46.9. The summed E-state index contributed by atoms with van der Waals surface area (Å²) in [4.78, 5) is 9.46. The summed E-state index contributed by atoms with van der Waals surface area (Å²) >= 11 is 1.66. The van der Waals surface area contributed by atoms with E-state index in [-0.39, 0.29) is 48.9 Å². The van der Waals surface area contributed by atoms with E-state index in [1.807, 2.05) is 48.5 Å². The van der Waals surface area contributed by atoms with Crippen LogP contribution in [0.1, 0.15) is 89.4 Å². The molecule has 0 aliphatic carbocycles. The van der Waals surface area contributed by atoms with Crippen LogP contribution >= 0.6 is 11.3 Å². The zero-order valence-electron chi connectivity index (χ0n) is 40.8. The first-order chi connectivity index (χ1) is 31.3. The summed E-state index contributed by atoms with van der Waals surface area (Å²) in [6.07, 6.45) is -0.567. The molecule has 0 saturated heterocycles. The second kappa shape index (κ2) is 17.3. The molecule has 0 aliphatic heterocycles. The zero-order valence-corrected chi connectivity index (χ0v) is 39.0. The maximum atomic E-state index is 14.5. The van der Waals surface area contributed by atoms with Crippen molar-refractivity contribution >= 4 is 64.1 Å². The molecule has 0 unspecified atom stereocenters. The number of rotatable bonds is 6. The van der Waals surface area contributed by atoms with E-state index in [9.17, 15) is 4.39 Å². The van der Waals surface area contributed by atoms with Crippen LogP contribution < -0.4 is 0 Å². The van der Waals surface area contributed by atoms with E-state index in [2.05, 4.69) is 110 Å². The molecule has 10 aromatic rings. The van der Waals surface area contributed by atoms with Crippen molar-refractivity contribution in [2.24, 2.45) is 5.41 Å². The number of halogens is 1. The number of thiophene rings is 1. The van der Waals surface area contributed by atoms with Crippen molar-refractivity contribution in [2.75, 3.05) is 0 Å². The van der Waals surface area contributed by atoms with Gasteiger partial charge in [0.1, 0.15) is 5.82 Å². The minimum atomic E-state index is -2.48. The number of aromatic nitrogens is 3. The maximum Gasteiger partial charge on any atom is 0.123 e. The van der Waals surface area contributed by atoms with Gasteiger partial charge in [0.2, 0.25) is 0 Å². The van der Waals surface area contributed by atoms with E-state index in [1.165, 1.54) is 27.7 Å². The van der Waals surface area contributed by atoms with Gasteiger partial charge in [0, 0.05) is 43.5 Å². The third kappa shape index (κ3) is 8.24. The average molecular weight is 1010 g/mol. The van der Waals surface area contributed by atoms with Gasteiger partial charge in [-0.15, -0.1) is 59.7 Å². The molecule has 10 rings (SSSR count). The number of nitrogens with zero attached hydrogens (tertiary/aromatic N) is 3. The molecule has 0 N–H and O–H groups in total. The summed E-state index contributed by atoms with van der Waals surface area (Å²) in [6.45, 7) is 11.3. The van der Waals surface area contributed by atoms with E-state index in [0.29, 0.717) is 5.69 Å². The summed E-state index contributed by atoms with van der Waals surface area (Å²) < 4.78 is 60.6. The van der Waals surface area contributed by atoms with Crippen LogP contribution in [-0.2, 0) is 26.5 Å². The van der Waals surface area contributed by atoms with Gasteiger partial charge in [0.05, 0.1) is 16.9 Å². The molecule has 0 saturated carbocycles. The van der Waals surface area contributed by atoms with Crippen molar-refractivity contribution in [2.45, 2.75) is 73.5 Å². The molecule has 0 aliphatic rings. The van der Waals surface area contributed by atoms with Crippen molar-refractivity contribution in [1.82, 2.24) is 14.5 Å². The fourth-order valence-corrected chi connectivity index (χ4v) is 9.51. The van der Waals surface area contributed by atoms with Crippen LogP contribution in [0.25, 0.3) is 81.1 Å². The fraction of sp³-hybridized carbons (Fsp3) is 0.214. The predicted octanol–water partition coefficient (Wildman–Crippen LogP) is 16.0. The van der Waals surface area contributed by atoms with E-state index >= 15 is 0 Å². The van der Waals surface area contributed by atoms with Crippen molar-refractivity contribution in [3.63, 3.8) is 0 Å². The van der Waals surface area contributed by atoms with Gasteiger partial charge in [0.15, 0.2) is 0 Å². The number of hydrogen-bond donors (Lipinski definition) is 0. The van der Waals surface area contributed by atoms with Crippen LogP contribution in [0.3, 0.4) is 0 Å². The topological polar surface area (TPSA) is 30.7 Å². The Morgan fingerprint density at radius 2 is 1.48 bits per heavy atom. The first kappa shape index (κ1) is 37.1. The Labute approximate surface area is 389 Å². The number of hydrogen-bond acceptors (Lipinski definition) is 3. The number of fused-ring (bicyclic) bond motifs is 7. The molecule has 0 spiro atoms. The largest absolute Gasteiger partial charge is 0.333 e. The molecule has 0 bridgehead atoms. The van der Waals surface area contributed by atoms with Crippen LogP contribution in [0.4, 0.5) is 4.39 Å². The van der Waals surface area contributed by atoms with Gasteiger partial charge in [-0.05, 0) is 121 Å². The summed E-state index contributed by atoms with van der Waals surface area (Å²) in [5, 5.41) is 7.02. The second-order valence-corrected chi connectivity index (χ2v) is 18.4. The fourth-order valence-electron chi connectivity index (χ4n) is 8.28. The Morgan fingerprint density at radius 1 is 0.758 bits per heavy atom. The molecule has 0 atom stereocenters. The van der Waals surface area contributed by atoms with Crippen molar-refractivity contribution in [1.29, 1.82) is 0 Å². The molecule has 313 valence electrons. The molecule has 3 aromatic heterocycles. The predicted molar refractivity (Wildman–Crippen MR) is 258 cm³/mol. The van der Waals surface area contributed by atoms with E-state index in [4.69, 9.17) is 11.8 Å². The number of benzene rings is 7. The van der Waals surface area contributed by atoms with Crippen LogP contribution in [-0.4, -0.2) is 14.5 Å². The van der Waals surface area contributed by atoms with Crippen molar-refractivity contribution in [3.8, 4) is 28.3 Å². The molecule has 7 aromatic carbocycles. The van der Waals surface area contributed by atoms with Gasteiger partial charge in [0.25, 0.3) is 0 Å². The Bertz CT molecular complexity index is 3430. The molecular weight excluding hydrogens is 958 g/mol. The van der Waals surface area contributed by atoms with Gasteiger partial charge in [-0.2, -0.15) is 11.3 Å². The molecule has 1 radical (unpaired) electrons. The standard InChI is InChI=1S/C31H26NS.C25H24FN2.Ir/c1-19-18-32-28(15-22(19)17-31(2,3)4)25-11-7-10-24-27-14-21-13-12-20-8-5-6-9-23(20)26(21)16-29(27)33-30(24)25;1-16(2)20-14-19(26)15-21(17(3)4)24(20)28-23-13-9-8-12-22(23)27-25(28)18-10-6-5-7-11-18;/h5-10,12-16,18H,17H2,1-4H3;5-10,12-17H,1-4H3;/q2*-1;/i1D3,17D2;;. The third-order valence-electron chi connectivity index (χ3n) is 11.1. The monoisotopic (exact) mass is 1010 g/mol. The molecule has 62 heavy (non-hydrogen) atoms. The smallest absolute Gasteiger partial charge is 0.123 e. The van der Waals surface area contributed by atoms with E-state index < -0.39 is 18.6 Å². The minimum absolute atomic E-state index is 0.